The third-order valence-corrected chi connectivity index (χ3v) is 6.47. The van der Waals surface area contributed by atoms with Crippen LogP contribution < -0.4 is 5.32 Å². The Kier molecular flexibility index (Phi) is 6.46. The molecule has 0 saturated heterocycles. The zero-order valence-electron chi connectivity index (χ0n) is 16.5. The molecule has 29 heavy (non-hydrogen) atoms. The SMILES string of the molecule is Cc1ccc(C)c(S(=O)(=O)N(CC(=O)Nc2ccccc2)Cc2ccccc2)c1. The predicted molar refractivity (Wildman–Crippen MR) is 115 cm³/mol. The Morgan fingerprint density at radius 2 is 1.52 bits per heavy atom. The average Bonchev–Trinajstić information content (AvgIpc) is 2.70. The molecule has 0 bridgehead atoms. The lowest BCUT2D eigenvalue weighted by Gasteiger charge is -2.23. The van der Waals surface area contributed by atoms with Gasteiger partial charge < -0.3 is 5.32 Å². The Hall–Kier alpha value is -2.96. The number of rotatable bonds is 7. The van der Waals surface area contributed by atoms with Gasteiger partial charge in [-0.3, -0.25) is 4.79 Å². The normalized spacial score (nSPS) is 11.4. The van der Waals surface area contributed by atoms with Gasteiger partial charge in [-0.2, -0.15) is 4.31 Å². The maximum absolute atomic E-state index is 13.4. The van der Waals surface area contributed by atoms with Crippen LogP contribution in [0, 0.1) is 13.8 Å². The van der Waals surface area contributed by atoms with Gasteiger partial charge in [0.05, 0.1) is 11.4 Å². The lowest BCUT2D eigenvalue weighted by atomic mass is 10.2. The minimum absolute atomic E-state index is 0.110. The molecule has 0 unspecified atom stereocenters. The largest absolute Gasteiger partial charge is 0.325 e. The lowest BCUT2D eigenvalue weighted by Crippen LogP contribution is -2.37. The molecule has 5 nitrogen and oxygen atoms in total. The van der Waals surface area contributed by atoms with Crippen LogP contribution in [0.15, 0.2) is 83.8 Å². The number of sulfonamides is 1. The highest BCUT2D eigenvalue weighted by Crippen LogP contribution is 2.23. The molecule has 0 aromatic heterocycles. The summed E-state index contributed by atoms with van der Waals surface area (Å²) in [6, 6.07) is 23.6. The van der Waals surface area contributed by atoms with E-state index < -0.39 is 10.0 Å². The Bertz CT molecular complexity index is 1080. The van der Waals surface area contributed by atoms with Crippen LogP contribution in [0.2, 0.25) is 0 Å². The molecule has 0 fully saturated rings. The van der Waals surface area contributed by atoms with Gasteiger partial charge in [0, 0.05) is 12.2 Å². The van der Waals surface area contributed by atoms with Gasteiger partial charge in [-0.05, 0) is 48.7 Å². The third-order valence-electron chi connectivity index (χ3n) is 4.54. The van der Waals surface area contributed by atoms with Crippen LogP contribution >= 0.6 is 0 Å². The van der Waals surface area contributed by atoms with Crippen molar-refractivity contribution in [3.8, 4) is 0 Å². The number of nitrogens with zero attached hydrogens (tertiary/aromatic N) is 1. The number of hydrogen-bond acceptors (Lipinski definition) is 3. The number of para-hydroxylation sites is 1. The van der Waals surface area contributed by atoms with E-state index in [1.54, 1.807) is 31.2 Å². The fourth-order valence-corrected chi connectivity index (χ4v) is 4.71. The van der Waals surface area contributed by atoms with Crippen molar-refractivity contribution in [2.75, 3.05) is 11.9 Å². The minimum Gasteiger partial charge on any atom is -0.325 e. The molecule has 150 valence electrons. The van der Waals surface area contributed by atoms with E-state index in [0.29, 0.717) is 11.3 Å². The van der Waals surface area contributed by atoms with Crippen LogP contribution in [0.25, 0.3) is 0 Å². The first-order chi connectivity index (χ1) is 13.9. The summed E-state index contributed by atoms with van der Waals surface area (Å²) in [7, 11) is -3.87. The zero-order valence-corrected chi connectivity index (χ0v) is 17.3. The van der Waals surface area contributed by atoms with E-state index in [1.807, 2.05) is 61.5 Å². The zero-order chi connectivity index (χ0) is 20.9. The molecule has 3 rings (SSSR count). The molecule has 0 atom stereocenters. The van der Waals surface area contributed by atoms with E-state index in [0.717, 1.165) is 11.1 Å². The molecule has 0 aliphatic rings. The van der Waals surface area contributed by atoms with Gasteiger partial charge in [0.2, 0.25) is 15.9 Å². The summed E-state index contributed by atoms with van der Waals surface area (Å²) in [5.41, 5.74) is 2.94. The molecule has 0 aliphatic heterocycles. The summed E-state index contributed by atoms with van der Waals surface area (Å²) in [4.78, 5) is 12.8. The number of carbonyl (C=O) groups excluding carboxylic acids is 1. The molecule has 1 amide bonds. The summed E-state index contributed by atoms with van der Waals surface area (Å²) < 4.78 is 28.1. The molecule has 0 radical (unpaired) electrons. The van der Waals surface area contributed by atoms with E-state index in [-0.39, 0.29) is 23.9 Å². The molecule has 0 saturated carbocycles. The molecule has 0 aliphatic carbocycles. The lowest BCUT2D eigenvalue weighted by molar-refractivity contribution is -0.116. The van der Waals surface area contributed by atoms with Crippen molar-refractivity contribution in [2.24, 2.45) is 0 Å². The fourth-order valence-electron chi connectivity index (χ4n) is 3.02. The summed E-state index contributed by atoms with van der Waals surface area (Å²) in [5.74, 6) is -0.388. The molecule has 0 heterocycles. The summed E-state index contributed by atoms with van der Waals surface area (Å²) in [6.07, 6.45) is 0. The molecule has 6 heteroatoms. The van der Waals surface area contributed by atoms with Crippen LogP contribution in [0.4, 0.5) is 5.69 Å². The quantitative estimate of drug-likeness (QED) is 0.639. The Labute approximate surface area is 172 Å². The maximum atomic E-state index is 13.4. The molecular weight excluding hydrogens is 384 g/mol. The van der Waals surface area contributed by atoms with Crippen LogP contribution in [-0.4, -0.2) is 25.2 Å². The second-order valence-corrected chi connectivity index (χ2v) is 8.85. The number of nitrogens with one attached hydrogen (secondary N) is 1. The molecule has 3 aromatic rings. The third kappa shape index (κ3) is 5.31. The van der Waals surface area contributed by atoms with Crippen molar-refractivity contribution in [3.05, 3.63) is 95.6 Å². The van der Waals surface area contributed by atoms with Crippen LogP contribution in [0.3, 0.4) is 0 Å². The first kappa shape index (κ1) is 20.8. The monoisotopic (exact) mass is 408 g/mol. The van der Waals surface area contributed by atoms with Crippen molar-refractivity contribution < 1.29 is 13.2 Å². The van der Waals surface area contributed by atoms with Gasteiger partial charge in [0.15, 0.2) is 0 Å². The standard InChI is InChI=1S/C23H24N2O3S/c1-18-13-14-19(2)22(15-18)29(27,28)25(16-20-9-5-3-6-10-20)17-23(26)24-21-11-7-4-8-12-21/h3-15H,16-17H2,1-2H3,(H,24,26). The number of anilines is 1. The first-order valence-corrected chi connectivity index (χ1v) is 10.8. The summed E-state index contributed by atoms with van der Waals surface area (Å²) >= 11 is 0. The van der Waals surface area contributed by atoms with Gasteiger partial charge in [-0.15, -0.1) is 0 Å². The van der Waals surface area contributed by atoms with Crippen molar-refractivity contribution >= 4 is 21.6 Å². The Morgan fingerprint density at radius 1 is 0.897 bits per heavy atom. The highest BCUT2D eigenvalue weighted by atomic mass is 32.2. The van der Waals surface area contributed by atoms with Crippen molar-refractivity contribution in [3.63, 3.8) is 0 Å². The number of carbonyl (C=O) groups is 1. The van der Waals surface area contributed by atoms with Crippen molar-refractivity contribution in [2.45, 2.75) is 25.3 Å². The molecule has 3 aromatic carbocycles. The van der Waals surface area contributed by atoms with E-state index >= 15 is 0 Å². The van der Waals surface area contributed by atoms with Gasteiger partial charge in [-0.25, -0.2) is 8.42 Å². The van der Waals surface area contributed by atoms with Crippen molar-refractivity contribution in [1.29, 1.82) is 0 Å². The second-order valence-electron chi connectivity index (χ2n) is 6.94. The van der Waals surface area contributed by atoms with Gasteiger partial charge in [-0.1, -0.05) is 60.7 Å². The maximum Gasteiger partial charge on any atom is 0.244 e. The number of amides is 1. The average molecular weight is 409 g/mol. The molecule has 1 N–H and O–H groups in total. The van der Waals surface area contributed by atoms with Gasteiger partial charge >= 0.3 is 0 Å². The van der Waals surface area contributed by atoms with Crippen molar-refractivity contribution in [1.82, 2.24) is 4.31 Å². The minimum atomic E-state index is -3.87. The summed E-state index contributed by atoms with van der Waals surface area (Å²) in [5, 5.41) is 2.76. The number of hydrogen-bond donors (Lipinski definition) is 1. The smallest absolute Gasteiger partial charge is 0.244 e. The topological polar surface area (TPSA) is 66.5 Å². The molecule has 0 spiro atoms. The van der Waals surface area contributed by atoms with E-state index in [1.165, 1.54) is 4.31 Å². The Morgan fingerprint density at radius 3 is 2.17 bits per heavy atom. The second kappa shape index (κ2) is 9.03. The highest BCUT2D eigenvalue weighted by molar-refractivity contribution is 7.89. The number of aryl methyl sites for hydroxylation is 2. The van der Waals surface area contributed by atoms with Crippen LogP contribution in [0.1, 0.15) is 16.7 Å². The van der Waals surface area contributed by atoms with Crippen LogP contribution in [-0.2, 0) is 21.4 Å². The predicted octanol–water partition coefficient (Wildman–Crippen LogP) is 4.13. The van der Waals surface area contributed by atoms with E-state index in [2.05, 4.69) is 5.32 Å². The van der Waals surface area contributed by atoms with Crippen LogP contribution in [0.5, 0.6) is 0 Å². The number of benzene rings is 3. The van der Waals surface area contributed by atoms with Gasteiger partial charge in [0.25, 0.3) is 0 Å². The van der Waals surface area contributed by atoms with E-state index in [4.69, 9.17) is 0 Å². The first-order valence-electron chi connectivity index (χ1n) is 9.32. The van der Waals surface area contributed by atoms with E-state index in [9.17, 15) is 13.2 Å². The fraction of sp³-hybridized carbons (Fsp3) is 0.174. The Balaban J connectivity index is 1.92. The van der Waals surface area contributed by atoms with Gasteiger partial charge in [0.1, 0.15) is 0 Å². The summed E-state index contributed by atoms with van der Waals surface area (Å²) in [6.45, 7) is 3.44. The highest BCUT2D eigenvalue weighted by Gasteiger charge is 2.28. The molecular formula is C23H24N2O3S.